The first kappa shape index (κ1) is 21.1. The molecule has 0 spiro atoms. The molecular weight excluding hydrogens is 416 g/mol. The number of benzene rings is 2. The van der Waals surface area contributed by atoms with Gasteiger partial charge in [-0.05, 0) is 42.2 Å². The van der Waals surface area contributed by atoms with Crippen LogP contribution < -0.4 is 5.32 Å². The minimum atomic E-state index is -0.612. The lowest BCUT2D eigenvalue weighted by Crippen LogP contribution is -2.52. The SMILES string of the molecule is CC(C)Cc1ncc(-c2ccc3c(c2)CN(C2CCC(=O)NC2=O)C3=O)n1-c1ccccc1. The van der Waals surface area contributed by atoms with Crippen LogP contribution in [0.1, 0.15) is 48.4 Å². The Bertz CT molecular complexity index is 1250. The molecule has 1 aromatic heterocycles. The molecule has 3 aromatic rings. The van der Waals surface area contributed by atoms with E-state index in [0.717, 1.165) is 34.8 Å². The van der Waals surface area contributed by atoms with Crippen LogP contribution in [0.3, 0.4) is 0 Å². The van der Waals surface area contributed by atoms with Gasteiger partial charge in [0.15, 0.2) is 0 Å². The van der Waals surface area contributed by atoms with E-state index in [0.29, 0.717) is 24.4 Å². The number of hydrogen-bond acceptors (Lipinski definition) is 4. The highest BCUT2D eigenvalue weighted by atomic mass is 16.2. The Hall–Kier alpha value is -3.74. The molecule has 33 heavy (non-hydrogen) atoms. The van der Waals surface area contributed by atoms with Gasteiger partial charge in [0.2, 0.25) is 11.8 Å². The van der Waals surface area contributed by atoms with Crippen molar-refractivity contribution >= 4 is 17.7 Å². The van der Waals surface area contributed by atoms with Crippen LogP contribution in [0.5, 0.6) is 0 Å². The van der Waals surface area contributed by atoms with Gasteiger partial charge in [-0.3, -0.25) is 24.3 Å². The third kappa shape index (κ3) is 3.84. The third-order valence-electron chi connectivity index (χ3n) is 6.26. The molecule has 5 rings (SSSR count). The highest BCUT2D eigenvalue weighted by Gasteiger charge is 2.39. The Morgan fingerprint density at radius 3 is 2.61 bits per heavy atom. The predicted molar refractivity (Wildman–Crippen MR) is 124 cm³/mol. The molecular formula is C26H26N4O3. The number of piperidine rings is 1. The summed E-state index contributed by atoms with van der Waals surface area (Å²) in [5.74, 6) is 0.612. The Morgan fingerprint density at radius 1 is 1.09 bits per heavy atom. The second-order valence-corrected chi connectivity index (χ2v) is 9.10. The number of nitrogens with zero attached hydrogens (tertiary/aromatic N) is 3. The largest absolute Gasteiger partial charge is 0.322 e. The molecule has 7 heteroatoms. The molecule has 0 radical (unpaired) electrons. The van der Waals surface area contributed by atoms with E-state index < -0.39 is 11.9 Å². The average molecular weight is 443 g/mol. The van der Waals surface area contributed by atoms with Gasteiger partial charge in [0, 0.05) is 36.2 Å². The second kappa shape index (κ2) is 8.31. The van der Waals surface area contributed by atoms with Crippen LogP contribution in [0.15, 0.2) is 54.7 Å². The highest BCUT2D eigenvalue weighted by molar-refractivity contribution is 6.05. The van der Waals surface area contributed by atoms with E-state index in [2.05, 4.69) is 35.9 Å². The quantitative estimate of drug-likeness (QED) is 0.613. The lowest BCUT2D eigenvalue weighted by Gasteiger charge is -2.29. The van der Waals surface area contributed by atoms with Gasteiger partial charge in [0.1, 0.15) is 11.9 Å². The molecule has 3 amide bonds. The van der Waals surface area contributed by atoms with Crippen LogP contribution in [-0.2, 0) is 22.6 Å². The number of rotatable bonds is 5. The van der Waals surface area contributed by atoms with E-state index in [-0.39, 0.29) is 18.2 Å². The molecule has 168 valence electrons. The summed E-state index contributed by atoms with van der Waals surface area (Å²) in [4.78, 5) is 43.2. The normalized spacial score (nSPS) is 18.1. The molecule has 1 atom stereocenters. The lowest BCUT2D eigenvalue weighted by molar-refractivity contribution is -0.136. The van der Waals surface area contributed by atoms with E-state index in [1.165, 1.54) is 0 Å². The summed E-state index contributed by atoms with van der Waals surface area (Å²) in [7, 11) is 0. The fourth-order valence-electron chi connectivity index (χ4n) is 4.70. The topological polar surface area (TPSA) is 84.3 Å². The van der Waals surface area contributed by atoms with Gasteiger partial charge in [-0.1, -0.05) is 38.1 Å². The Balaban J connectivity index is 1.51. The van der Waals surface area contributed by atoms with Crippen LogP contribution in [0.2, 0.25) is 0 Å². The van der Waals surface area contributed by atoms with Gasteiger partial charge in [0.25, 0.3) is 5.91 Å². The highest BCUT2D eigenvalue weighted by Crippen LogP contribution is 2.33. The molecule has 0 saturated carbocycles. The van der Waals surface area contributed by atoms with Gasteiger partial charge in [0.05, 0.1) is 11.9 Å². The lowest BCUT2D eigenvalue weighted by atomic mass is 10.0. The van der Waals surface area contributed by atoms with Gasteiger partial charge in [-0.15, -0.1) is 0 Å². The van der Waals surface area contributed by atoms with Crippen LogP contribution >= 0.6 is 0 Å². The molecule has 1 fully saturated rings. The Kier molecular flexibility index (Phi) is 5.32. The average Bonchev–Trinajstić information content (AvgIpc) is 3.35. The fourth-order valence-corrected chi connectivity index (χ4v) is 4.70. The monoisotopic (exact) mass is 442 g/mol. The first-order chi connectivity index (χ1) is 15.9. The zero-order valence-corrected chi connectivity index (χ0v) is 18.7. The Morgan fingerprint density at radius 2 is 1.88 bits per heavy atom. The molecule has 3 heterocycles. The smallest absolute Gasteiger partial charge is 0.255 e. The minimum absolute atomic E-state index is 0.164. The summed E-state index contributed by atoms with van der Waals surface area (Å²) in [5, 5.41) is 2.35. The third-order valence-corrected chi connectivity index (χ3v) is 6.26. The van der Waals surface area contributed by atoms with Gasteiger partial charge >= 0.3 is 0 Å². The zero-order chi connectivity index (χ0) is 23.1. The molecule has 0 bridgehead atoms. The van der Waals surface area contributed by atoms with Gasteiger partial charge in [-0.25, -0.2) is 4.98 Å². The number of para-hydroxylation sites is 1. The molecule has 1 N–H and O–H groups in total. The van der Waals surface area contributed by atoms with Crippen LogP contribution in [-0.4, -0.2) is 38.2 Å². The molecule has 2 aromatic carbocycles. The summed E-state index contributed by atoms with van der Waals surface area (Å²) < 4.78 is 2.18. The van der Waals surface area contributed by atoms with E-state index in [9.17, 15) is 14.4 Å². The summed E-state index contributed by atoms with van der Waals surface area (Å²) in [6, 6.07) is 15.3. The number of carbonyl (C=O) groups excluding carboxylic acids is 3. The summed E-state index contributed by atoms with van der Waals surface area (Å²) >= 11 is 0. The summed E-state index contributed by atoms with van der Waals surface area (Å²) in [6.07, 6.45) is 3.34. The van der Waals surface area contributed by atoms with Crippen LogP contribution in [0, 0.1) is 5.92 Å². The number of carbonyl (C=O) groups is 3. The first-order valence-electron chi connectivity index (χ1n) is 11.3. The first-order valence-corrected chi connectivity index (χ1v) is 11.3. The second-order valence-electron chi connectivity index (χ2n) is 9.10. The number of hydrogen-bond donors (Lipinski definition) is 1. The van der Waals surface area contributed by atoms with Crippen molar-refractivity contribution in [2.45, 2.75) is 45.7 Å². The number of imide groups is 1. The van der Waals surface area contributed by atoms with Crippen LogP contribution in [0.25, 0.3) is 16.9 Å². The predicted octanol–water partition coefficient (Wildman–Crippen LogP) is 3.50. The van der Waals surface area contributed by atoms with Gasteiger partial charge < -0.3 is 4.90 Å². The number of aromatic nitrogens is 2. The van der Waals surface area contributed by atoms with Crippen molar-refractivity contribution in [3.8, 4) is 16.9 Å². The van der Waals surface area contributed by atoms with Crippen molar-refractivity contribution in [3.05, 3.63) is 71.7 Å². The number of nitrogens with one attached hydrogen (secondary N) is 1. The van der Waals surface area contributed by atoms with Crippen molar-refractivity contribution in [3.63, 3.8) is 0 Å². The number of fused-ring (bicyclic) bond motifs is 1. The number of imidazole rings is 1. The van der Waals surface area contributed by atoms with Crippen LogP contribution in [0.4, 0.5) is 0 Å². The number of amides is 3. The van der Waals surface area contributed by atoms with E-state index in [1.54, 1.807) is 4.90 Å². The fraction of sp³-hybridized carbons (Fsp3) is 0.308. The molecule has 7 nitrogen and oxygen atoms in total. The van der Waals surface area contributed by atoms with E-state index >= 15 is 0 Å². The van der Waals surface area contributed by atoms with Gasteiger partial charge in [-0.2, -0.15) is 0 Å². The maximum atomic E-state index is 13.0. The minimum Gasteiger partial charge on any atom is -0.322 e. The van der Waals surface area contributed by atoms with Crippen molar-refractivity contribution in [1.29, 1.82) is 0 Å². The zero-order valence-electron chi connectivity index (χ0n) is 18.7. The standard InChI is InChI=1S/C26H26N4O3/c1-16(2)12-23-27-14-22(30(23)19-6-4-3-5-7-19)17-8-9-20-18(13-17)15-29(26(20)33)21-10-11-24(31)28-25(21)32/h3-9,13-14,16,21H,10-12,15H2,1-2H3,(H,28,31,32). The summed E-state index contributed by atoms with van der Waals surface area (Å²) in [5.41, 5.74) is 4.47. The van der Waals surface area contributed by atoms with E-state index in [4.69, 9.17) is 4.98 Å². The molecule has 1 unspecified atom stereocenters. The molecule has 2 aliphatic heterocycles. The van der Waals surface area contributed by atoms with E-state index in [1.807, 2.05) is 42.6 Å². The Labute approximate surface area is 192 Å². The van der Waals surface area contributed by atoms with Crippen molar-refractivity contribution in [1.82, 2.24) is 19.8 Å². The molecule has 0 aliphatic carbocycles. The summed E-state index contributed by atoms with van der Waals surface area (Å²) in [6.45, 7) is 4.70. The maximum absolute atomic E-state index is 13.0. The molecule has 2 aliphatic rings. The van der Waals surface area contributed by atoms with Crippen molar-refractivity contribution in [2.75, 3.05) is 0 Å². The van der Waals surface area contributed by atoms with Crippen molar-refractivity contribution < 1.29 is 14.4 Å². The maximum Gasteiger partial charge on any atom is 0.255 e. The molecule has 1 saturated heterocycles. The van der Waals surface area contributed by atoms with Crippen molar-refractivity contribution in [2.24, 2.45) is 5.92 Å².